The van der Waals surface area contributed by atoms with Crippen LogP contribution in [0.5, 0.6) is 0 Å². The largest absolute Gasteiger partial charge is 0.475 e. The second-order valence-corrected chi connectivity index (χ2v) is 3.48. The Morgan fingerprint density at radius 3 is 2.31 bits per heavy atom. The molecule has 0 aromatic carbocycles. The van der Waals surface area contributed by atoms with Gasteiger partial charge in [-0.3, -0.25) is 0 Å². The quantitative estimate of drug-likeness (QED) is 0.584. The lowest BCUT2D eigenvalue weighted by molar-refractivity contribution is 0.195. The van der Waals surface area contributed by atoms with Gasteiger partial charge in [-0.05, 0) is 11.6 Å². The minimum atomic E-state index is -0.880. The fraction of sp³-hybridized carbons (Fsp3) is 0.143. The highest BCUT2D eigenvalue weighted by molar-refractivity contribution is 6.48. The molecule has 2 nitrogen and oxygen atoms in total. The number of hydrogen-bond donors (Lipinski definition) is 0. The SMILES string of the molecule is C=COC(Cl)c1oc(Cl)c(Cl)c1Cl. The standard InChI is InChI=1S/C7H4Cl4O2/c1-2-12-7(11)5-3(8)4(9)6(10)13-5/h2,7H,1H2. The van der Waals surface area contributed by atoms with Crippen molar-refractivity contribution in [3.63, 3.8) is 0 Å². The van der Waals surface area contributed by atoms with Crippen LogP contribution in [0.3, 0.4) is 0 Å². The van der Waals surface area contributed by atoms with Gasteiger partial charge < -0.3 is 9.15 Å². The first-order chi connectivity index (χ1) is 6.07. The van der Waals surface area contributed by atoms with E-state index in [2.05, 4.69) is 6.58 Å². The van der Waals surface area contributed by atoms with E-state index in [1.54, 1.807) is 0 Å². The van der Waals surface area contributed by atoms with Gasteiger partial charge in [0.25, 0.3) is 0 Å². The van der Waals surface area contributed by atoms with E-state index >= 15 is 0 Å². The normalized spacial score (nSPS) is 12.6. The van der Waals surface area contributed by atoms with Crippen molar-refractivity contribution in [2.24, 2.45) is 0 Å². The van der Waals surface area contributed by atoms with Gasteiger partial charge in [-0.2, -0.15) is 0 Å². The summed E-state index contributed by atoms with van der Waals surface area (Å²) in [6.07, 6.45) is 1.17. The van der Waals surface area contributed by atoms with Gasteiger partial charge in [0.1, 0.15) is 10.0 Å². The molecule has 1 heterocycles. The molecular weight excluding hydrogens is 258 g/mol. The molecule has 0 spiro atoms. The number of furan rings is 1. The zero-order valence-corrected chi connectivity index (χ0v) is 9.21. The van der Waals surface area contributed by atoms with Gasteiger partial charge in [0.15, 0.2) is 5.76 Å². The second-order valence-electron chi connectivity index (χ2n) is 1.99. The summed E-state index contributed by atoms with van der Waals surface area (Å²) in [7, 11) is 0. The highest BCUT2D eigenvalue weighted by atomic mass is 35.5. The first kappa shape index (κ1) is 11.1. The van der Waals surface area contributed by atoms with Crippen LogP contribution in [0.1, 0.15) is 11.3 Å². The Morgan fingerprint density at radius 1 is 1.31 bits per heavy atom. The Morgan fingerprint density at radius 2 is 1.92 bits per heavy atom. The summed E-state index contributed by atoms with van der Waals surface area (Å²) in [6.45, 7) is 3.33. The van der Waals surface area contributed by atoms with Crippen LogP contribution >= 0.6 is 46.4 Å². The smallest absolute Gasteiger partial charge is 0.230 e. The fourth-order valence-electron chi connectivity index (χ4n) is 0.673. The molecular formula is C7H4Cl4O2. The predicted molar refractivity (Wildman–Crippen MR) is 53.6 cm³/mol. The van der Waals surface area contributed by atoms with Gasteiger partial charge in [-0.1, -0.05) is 41.4 Å². The first-order valence-electron chi connectivity index (χ1n) is 3.11. The van der Waals surface area contributed by atoms with Crippen LogP contribution in [0.15, 0.2) is 17.3 Å². The molecule has 0 aliphatic rings. The van der Waals surface area contributed by atoms with E-state index in [1.165, 1.54) is 6.26 Å². The molecule has 0 amide bonds. The van der Waals surface area contributed by atoms with Crippen molar-refractivity contribution in [1.82, 2.24) is 0 Å². The summed E-state index contributed by atoms with van der Waals surface area (Å²) >= 11 is 22.6. The molecule has 72 valence electrons. The molecule has 6 heteroatoms. The Labute approximate surface area is 95.0 Å². The number of alkyl halides is 1. The number of halogens is 4. The van der Waals surface area contributed by atoms with Gasteiger partial charge in [0, 0.05) is 0 Å². The van der Waals surface area contributed by atoms with Gasteiger partial charge >= 0.3 is 0 Å². The minimum Gasteiger partial charge on any atom is -0.475 e. The van der Waals surface area contributed by atoms with Crippen molar-refractivity contribution < 1.29 is 9.15 Å². The zero-order chi connectivity index (χ0) is 10.0. The number of rotatable bonds is 3. The molecule has 0 aliphatic carbocycles. The summed E-state index contributed by atoms with van der Waals surface area (Å²) in [6, 6.07) is 0. The Bertz CT molecular complexity index is 321. The maximum atomic E-state index is 5.74. The van der Waals surface area contributed by atoms with Crippen LogP contribution in [0, 0.1) is 0 Å². The van der Waals surface area contributed by atoms with Crippen LogP contribution in [-0.4, -0.2) is 0 Å². The summed E-state index contributed by atoms with van der Waals surface area (Å²) in [5.41, 5.74) is -0.880. The maximum Gasteiger partial charge on any atom is 0.230 e. The van der Waals surface area contributed by atoms with Crippen molar-refractivity contribution in [3.05, 3.63) is 33.9 Å². The first-order valence-corrected chi connectivity index (χ1v) is 4.68. The summed E-state index contributed by atoms with van der Waals surface area (Å²) in [4.78, 5) is 0. The van der Waals surface area contributed by atoms with E-state index in [4.69, 9.17) is 55.6 Å². The summed E-state index contributed by atoms with van der Waals surface area (Å²) in [5, 5.41) is 0.255. The zero-order valence-electron chi connectivity index (χ0n) is 6.19. The molecule has 13 heavy (non-hydrogen) atoms. The average Bonchev–Trinajstić information content (AvgIpc) is 2.33. The van der Waals surface area contributed by atoms with Crippen molar-refractivity contribution >= 4 is 46.4 Å². The van der Waals surface area contributed by atoms with Gasteiger partial charge in [0.05, 0.1) is 6.26 Å². The summed E-state index contributed by atoms with van der Waals surface area (Å²) < 4.78 is 9.77. The highest BCUT2D eigenvalue weighted by Gasteiger charge is 2.22. The van der Waals surface area contributed by atoms with Crippen molar-refractivity contribution in [3.8, 4) is 0 Å². The molecule has 0 saturated carbocycles. The van der Waals surface area contributed by atoms with E-state index in [9.17, 15) is 0 Å². The molecule has 0 N–H and O–H groups in total. The Hall–Kier alpha value is -0.0200. The van der Waals surface area contributed by atoms with Crippen LogP contribution in [0.25, 0.3) is 0 Å². The van der Waals surface area contributed by atoms with Crippen molar-refractivity contribution in [2.45, 2.75) is 5.56 Å². The van der Waals surface area contributed by atoms with Crippen LogP contribution in [0.4, 0.5) is 0 Å². The van der Waals surface area contributed by atoms with E-state index in [0.717, 1.165) is 0 Å². The molecule has 1 aromatic heterocycles. The van der Waals surface area contributed by atoms with Crippen LogP contribution in [0.2, 0.25) is 15.3 Å². The van der Waals surface area contributed by atoms with Crippen LogP contribution in [-0.2, 0) is 4.74 Å². The minimum absolute atomic E-state index is 0.0139. The molecule has 1 rings (SSSR count). The van der Waals surface area contributed by atoms with Gasteiger partial charge in [-0.25, -0.2) is 0 Å². The lowest BCUT2D eigenvalue weighted by Crippen LogP contribution is -1.89. The predicted octanol–water partition coefficient (Wildman–Crippen LogP) is 4.64. The van der Waals surface area contributed by atoms with Crippen molar-refractivity contribution in [1.29, 1.82) is 0 Å². The number of hydrogen-bond acceptors (Lipinski definition) is 2. The monoisotopic (exact) mass is 260 g/mol. The second kappa shape index (κ2) is 4.47. The van der Waals surface area contributed by atoms with E-state index in [-0.39, 0.29) is 21.0 Å². The van der Waals surface area contributed by atoms with E-state index in [0.29, 0.717) is 0 Å². The molecule has 1 unspecified atom stereocenters. The molecule has 0 bridgehead atoms. The topological polar surface area (TPSA) is 22.4 Å². The third-order valence-electron chi connectivity index (χ3n) is 1.20. The lowest BCUT2D eigenvalue weighted by Gasteiger charge is -2.04. The summed E-state index contributed by atoms with van der Waals surface area (Å²) in [5.74, 6) is 0.165. The van der Waals surface area contributed by atoms with Crippen LogP contribution < -0.4 is 0 Å². The maximum absolute atomic E-state index is 5.74. The molecule has 1 aromatic rings. The highest BCUT2D eigenvalue weighted by Crippen LogP contribution is 2.40. The molecule has 0 radical (unpaired) electrons. The molecule has 0 aliphatic heterocycles. The fourth-order valence-corrected chi connectivity index (χ4v) is 1.54. The third-order valence-corrected chi connectivity index (χ3v) is 2.70. The lowest BCUT2D eigenvalue weighted by atomic mass is 10.5. The molecule has 1 atom stereocenters. The molecule has 0 fully saturated rings. The average molecular weight is 262 g/mol. The molecule has 0 saturated heterocycles. The Balaban J connectivity index is 3.00. The third kappa shape index (κ3) is 2.26. The van der Waals surface area contributed by atoms with E-state index < -0.39 is 5.56 Å². The Kier molecular flexibility index (Phi) is 3.80. The van der Waals surface area contributed by atoms with Gasteiger partial charge in [-0.15, -0.1) is 0 Å². The van der Waals surface area contributed by atoms with E-state index in [1.807, 2.05) is 0 Å². The van der Waals surface area contributed by atoms with Crippen molar-refractivity contribution in [2.75, 3.05) is 0 Å². The van der Waals surface area contributed by atoms with Gasteiger partial charge in [0.2, 0.25) is 10.8 Å². The number of ether oxygens (including phenoxy) is 1.